The summed E-state index contributed by atoms with van der Waals surface area (Å²) in [6, 6.07) is 1.53. The number of nitrogens with zero attached hydrogens (tertiary/aromatic N) is 1. The minimum Gasteiger partial charge on any atom is -0.475 e. The minimum absolute atomic E-state index is 0.0532. The van der Waals surface area contributed by atoms with Gasteiger partial charge in [0.1, 0.15) is 11.5 Å². The Labute approximate surface area is 186 Å². The van der Waals surface area contributed by atoms with Gasteiger partial charge in [0.25, 0.3) is 11.4 Å². The molecule has 10 nitrogen and oxygen atoms in total. The molecule has 0 radical (unpaired) electrons. The molecule has 1 aliphatic rings. The second-order valence-electron chi connectivity index (χ2n) is 6.50. The van der Waals surface area contributed by atoms with Crippen LogP contribution in [0.15, 0.2) is 17.7 Å². The van der Waals surface area contributed by atoms with Crippen molar-refractivity contribution in [2.45, 2.75) is 45.2 Å². The standard InChI is InChI=1S/C18H15F6NO9/c1-3-9-4-11(34-18(22,23)24)5-10-6-12(15(17(19,20)21)33-14(9)10)16(27)32-13(31-8(2)26)7-30-25(28)29/h4-6,13,15H,3,7H2,1-2H3. The van der Waals surface area contributed by atoms with Gasteiger partial charge in [-0.3, -0.25) is 4.79 Å². The van der Waals surface area contributed by atoms with Crippen molar-refractivity contribution in [2.75, 3.05) is 6.61 Å². The Hall–Kier alpha value is -3.72. The number of carbonyl (C=O) groups excluding carboxylic acids is 2. The molecule has 0 saturated heterocycles. The van der Waals surface area contributed by atoms with Gasteiger partial charge in [-0.1, -0.05) is 6.92 Å². The average Bonchev–Trinajstić information content (AvgIpc) is 2.67. The number of esters is 2. The molecule has 0 aromatic heterocycles. The summed E-state index contributed by atoms with van der Waals surface area (Å²) in [5, 5.41) is 8.98. The molecule has 0 fully saturated rings. The van der Waals surface area contributed by atoms with Crippen molar-refractivity contribution in [1.29, 1.82) is 0 Å². The number of hydrogen-bond acceptors (Lipinski definition) is 9. The zero-order chi connectivity index (χ0) is 25.8. The molecule has 0 bridgehead atoms. The van der Waals surface area contributed by atoms with E-state index in [9.17, 15) is 46.0 Å². The van der Waals surface area contributed by atoms with Crippen LogP contribution in [0.2, 0.25) is 0 Å². The Kier molecular flexibility index (Phi) is 7.84. The number of fused-ring (bicyclic) bond motifs is 1. The van der Waals surface area contributed by atoms with E-state index in [0.29, 0.717) is 12.1 Å². The Morgan fingerprint density at radius 3 is 2.32 bits per heavy atom. The Balaban J connectivity index is 2.49. The lowest BCUT2D eigenvalue weighted by Crippen LogP contribution is -2.42. The molecule has 2 rings (SSSR count). The number of alkyl halides is 6. The molecule has 0 amide bonds. The van der Waals surface area contributed by atoms with Crippen LogP contribution in [0.25, 0.3) is 6.08 Å². The zero-order valence-electron chi connectivity index (χ0n) is 17.2. The van der Waals surface area contributed by atoms with Gasteiger partial charge in [-0.15, -0.1) is 23.3 Å². The number of hydrogen-bond donors (Lipinski definition) is 0. The van der Waals surface area contributed by atoms with Gasteiger partial charge in [-0.05, 0) is 30.2 Å². The van der Waals surface area contributed by atoms with E-state index in [0.717, 1.165) is 13.0 Å². The van der Waals surface area contributed by atoms with Crippen molar-refractivity contribution in [3.05, 3.63) is 38.9 Å². The van der Waals surface area contributed by atoms with Crippen molar-refractivity contribution in [3.8, 4) is 11.5 Å². The van der Waals surface area contributed by atoms with Crippen LogP contribution in [0.4, 0.5) is 26.3 Å². The average molecular weight is 503 g/mol. The molecule has 16 heteroatoms. The van der Waals surface area contributed by atoms with Gasteiger partial charge in [0.15, 0.2) is 6.61 Å². The van der Waals surface area contributed by atoms with Crippen LogP contribution in [0.5, 0.6) is 11.5 Å². The number of rotatable bonds is 8. The highest BCUT2D eigenvalue weighted by Crippen LogP contribution is 2.42. The quantitative estimate of drug-likeness (QED) is 0.172. The Bertz CT molecular complexity index is 989. The molecule has 1 aromatic rings. The van der Waals surface area contributed by atoms with Gasteiger partial charge in [-0.2, -0.15) is 13.2 Å². The van der Waals surface area contributed by atoms with Gasteiger partial charge in [0, 0.05) is 12.5 Å². The van der Waals surface area contributed by atoms with Crippen LogP contribution in [-0.2, 0) is 30.3 Å². The summed E-state index contributed by atoms with van der Waals surface area (Å²) in [6.07, 6.45) is -14.8. The third-order valence-electron chi connectivity index (χ3n) is 4.00. The molecule has 188 valence electrons. The van der Waals surface area contributed by atoms with E-state index in [-0.39, 0.29) is 17.5 Å². The van der Waals surface area contributed by atoms with Crippen molar-refractivity contribution in [2.24, 2.45) is 0 Å². The summed E-state index contributed by atoms with van der Waals surface area (Å²) in [7, 11) is 0. The maximum atomic E-state index is 13.6. The fourth-order valence-corrected chi connectivity index (χ4v) is 2.81. The van der Waals surface area contributed by atoms with E-state index in [2.05, 4.69) is 19.0 Å². The van der Waals surface area contributed by atoms with Crippen LogP contribution >= 0.6 is 0 Å². The molecule has 1 heterocycles. The summed E-state index contributed by atoms with van der Waals surface area (Å²) in [5.74, 6) is -4.12. The van der Waals surface area contributed by atoms with Gasteiger partial charge >= 0.3 is 24.5 Å². The predicted octanol–water partition coefficient (Wildman–Crippen LogP) is 3.50. The molecule has 0 saturated carbocycles. The van der Waals surface area contributed by atoms with E-state index in [1.54, 1.807) is 0 Å². The lowest BCUT2D eigenvalue weighted by molar-refractivity contribution is -0.760. The largest absolute Gasteiger partial charge is 0.573 e. The first kappa shape index (κ1) is 26.5. The number of carbonyl (C=O) groups is 2. The van der Waals surface area contributed by atoms with Gasteiger partial charge < -0.3 is 23.8 Å². The molecule has 0 N–H and O–H groups in total. The van der Waals surface area contributed by atoms with Crippen LogP contribution in [0, 0.1) is 10.1 Å². The maximum absolute atomic E-state index is 13.6. The second kappa shape index (κ2) is 10.0. The fourth-order valence-electron chi connectivity index (χ4n) is 2.81. The smallest absolute Gasteiger partial charge is 0.475 e. The molecule has 1 aromatic carbocycles. The zero-order valence-corrected chi connectivity index (χ0v) is 17.2. The predicted molar refractivity (Wildman–Crippen MR) is 95.5 cm³/mol. The van der Waals surface area contributed by atoms with Crippen LogP contribution in [-0.4, -0.2) is 48.6 Å². The van der Waals surface area contributed by atoms with Gasteiger partial charge in [0.2, 0.25) is 6.10 Å². The molecule has 0 aliphatic carbocycles. The number of aryl methyl sites for hydroxylation is 1. The number of halogens is 6. The van der Waals surface area contributed by atoms with Crippen molar-refractivity contribution < 1.29 is 64.8 Å². The topological polar surface area (TPSA) is 123 Å². The van der Waals surface area contributed by atoms with Crippen LogP contribution < -0.4 is 9.47 Å². The first-order valence-corrected chi connectivity index (χ1v) is 9.13. The highest BCUT2D eigenvalue weighted by molar-refractivity contribution is 5.96. The van der Waals surface area contributed by atoms with E-state index < -0.39 is 65.6 Å². The summed E-state index contributed by atoms with van der Waals surface area (Å²) < 4.78 is 96.5. The fraction of sp³-hybridized carbons (Fsp3) is 0.444. The summed E-state index contributed by atoms with van der Waals surface area (Å²) >= 11 is 0. The number of ether oxygens (including phenoxy) is 4. The SMILES string of the molecule is CCc1cc(OC(F)(F)F)cc2c1OC(C(F)(F)F)C(C(=O)OC(CO[N+](=O)[O-])OC(C)=O)=C2. The third kappa shape index (κ3) is 7.14. The highest BCUT2D eigenvalue weighted by Gasteiger charge is 2.49. The highest BCUT2D eigenvalue weighted by atomic mass is 19.4. The monoisotopic (exact) mass is 503 g/mol. The minimum atomic E-state index is -5.19. The van der Waals surface area contributed by atoms with E-state index in [1.165, 1.54) is 6.92 Å². The first-order valence-electron chi connectivity index (χ1n) is 9.13. The number of benzene rings is 1. The third-order valence-corrected chi connectivity index (χ3v) is 4.00. The molecular formula is C18H15F6NO9. The maximum Gasteiger partial charge on any atom is 0.573 e. The normalized spacial score (nSPS) is 16.4. The van der Waals surface area contributed by atoms with Crippen molar-refractivity contribution in [1.82, 2.24) is 0 Å². The Morgan fingerprint density at radius 2 is 1.82 bits per heavy atom. The van der Waals surface area contributed by atoms with Crippen molar-refractivity contribution >= 4 is 18.0 Å². The van der Waals surface area contributed by atoms with Gasteiger partial charge in [-0.25, -0.2) is 4.79 Å². The van der Waals surface area contributed by atoms with E-state index in [4.69, 9.17) is 4.74 Å². The first-order chi connectivity index (χ1) is 15.6. The lowest BCUT2D eigenvalue weighted by Gasteiger charge is -2.30. The van der Waals surface area contributed by atoms with E-state index >= 15 is 0 Å². The van der Waals surface area contributed by atoms with Gasteiger partial charge in [0.05, 0.1) is 5.57 Å². The van der Waals surface area contributed by atoms with E-state index in [1.807, 2.05) is 0 Å². The summed E-state index contributed by atoms with van der Waals surface area (Å²) in [6.45, 7) is 1.09. The molecule has 0 spiro atoms. The summed E-state index contributed by atoms with van der Waals surface area (Å²) in [5.41, 5.74) is -1.67. The lowest BCUT2D eigenvalue weighted by atomic mass is 9.97. The molecule has 34 heavy (non-hydrogen) atoms. The Morgan fingerprint density at radius 1 is 1.18 bits per heavy atom. The second-order valence-corrected chi connectivity index (χ2v) is 6.50. The molecule has 1 aliphatic heterocycles. The van der Waals surface area contributed by atoms with Crippen LogP contribution in [0.1, 0.15) is 25.0 Å². The summed E-state index contributed by atoms with van der Waals surface area (Å²) in [4.78, 5) is 37.8. The molecular weight excluding hydrogens is 488 g/mol. The van der Waals surface area contributed by atoms with Crippen molar-refractivity contribution in [3.63, 3.8) is 0 Å². The molecule has 2 atom stereocenters. The molecule has 2 unspecified atom stereocenters. The van der Waals surface area contributed by atoms with Crippen LogP contribution in [0.3, 0.4) is 0 Å².